The van der Waals surface area contributed by atoms with E-state index in [1.54, 1.807) is 6.92 Å². The van der Waals surface area contributed by atoms with Crippen molar-refractivity contribution in [2.45, 2.75) is 32.3 Å². The highest BCUT2D eigenvalue weighted by Crippen LogP contribution is 2.46. The summed E-state index contributed by atoms with van der Waals surface area (Å²) in [7, 11) is 0. The van der Waals surface area contributed by atoms with Crippen LogP contribution in [0.5, 0.6) is 0 Å². The molecular weight excluding hydrogens is 144 g/mol. The molecule has 1 saturated carbocycles. The number of aliphatic hydroxyl groups is 1. The second-order valence-corrected chi connectivity index (χ2v) is 3.57. The molecule has 2 unspecified atom stereocenters. The SMILES string of the molecule is CC12CC[C](CC1O)OC2=O. The van der Waals surface area contributed by atoms with Crippen LogP contribution in [0.25, 0.3) is 0 Å². The first-order valence-corrected chi connectivity index (χ1v) is 3.88. The zero-order chi connectivity index (χ0) is 8.06. The molecule has 2 bridgehead atoms. The van der Waals surface area contributed by atoms with Crippen LogP contribution in [0.2, 0.25) is 0 Å². The molecule has 61 valence electrons. The van der Waals surface area contributed by atoms with E-state index in [1.807, 2.05) is 0 Å². The first-order chi connectivity index (χ1) is 5.13. The molecular formula is C8H11O3. The van der Waals surface area contributed by atoms with E-state index < -0.39 is 11.5 Å². The van der Waals surface area contributed by atoms with Crippen molar-refractivity contribution in [2.75, 3.05) is 0 Å². The van der Waals surface area contributed by atoms with Crippen LogP contribution in [-0.2, 0) is 9.53 Å². The Morgan fingerprint density at radius 3 is 2.91 bits per heavy atom. The highest BCUT2D eigenvalue weighted by Gasteiger charge is 2.52. The van der Waals surface area contributed by atoms with Crippen LogP contribution in [0.4, 0.5) is 0 Å². The largest absolute Gasteiger partial charge is 0.454 e. The fourth-order valence-electron chi connectivity index (χ4n) is 1.69. The monoisotopic (exact) mass is 155 g/mol. The fourth-order valence-corrected chi connectivity index (χ4v) is 1.69. The second-order valence-electron chi connectivity index (χ2n) is 3.57. The lowest BCUT2D eigenvalue weighted by molar-refractivity contribution is -0.181. The third-order valence-corrected chi connectivity index (χ3v) is 2.78. The number of esters is 1. The van der Waals surface area contributed by atoms with E-state index in [-0.39, 0.29) is 5.97 Å². The molecule has 0 amide bonds. The summed E-state index contributed by atoms with van der Waals surface area (Å²) in [6.07, 6.45) is 2.35. The average molecular weight is 155 g/mol. The molecule has 3 nitrogen and oxygen atoms in total. The van der Waals surface area contributed by atoms with Crippen LogP contribution in [0.1, 0.15) is 26.2 Å². The summed E-state index contributed by atoms with van der Waals surface area (Å²) in [6.45, 7) is 1.77. The van der Waals surface area contributed by atoms with Gasteiger partial charge in [-0.15, -0.1) is 0 Å². The van der Waals surface area contributed by atoms with Gasteiger partial charge in [-0.05, 0) is 19.8 Å². The lowest BCUT2D eigenvalue weighted by atomic mass is 9.70. The number of carbonyl (C=O) groups excluding carboxylic acids is 1. The van der Waals surface area contributed by atoms with E-state index in [2.05, 4.69) is 0 Å². The Morgan fingerprint density at radius 2 is 2.45 bits per heavy atom. The number of hydrogen-bond acceptors (Lipinski definition) is 3. The zero-order valence-corrected chi connectivity index (χ0v) is 6.46. The Kier molecular flexibility index (Phi) is 1.27. The van der Waals surface area contributed by atoms with E-state index in [0.29, 0.717) is 6.42 Å². The predicted molar refractivity (Wildman–Crippen MR) is 37.3 cm³/mol. The maximum Gasteiger partial charge on any atom is 0.315 e. The Labute approximate surface area is 65.4 Å². The first-order valence-electron chi connectivity index (χ1n) is 3.88. The molecule has 2 saturated heterocycles. The lowest BCUT2D eigenvalue weighted by Crippen LogP contribution is -2.51. The van der Waals surface area contributed by atoms with Gasteiger partial charge in [-0.1, -0.05) is 0 Å². The van der Waals surface area contributed by atoms with Gasteiger partial charge in [0.25, 0.3) is 0 Å². The summed E-state index contributed by atoms with van der Waals surface area (Å²) in [6, 6.07) is 0. The van der Waals surface area contributed by atoms with E-state index in [0.717, 1.165) is 18.9 Å². The third-order valence-electron chi connectivity index (χ3n) is 2.78. The van der Waals surface area contributed by atoms with Gasteiger partial charge >= 0.3 is 5.97 Å². The van der Waals surface area contributed by atoms with Crippen molar-refractivity contribution in [1.29, 1.82) is 0 Å². The van der Waals surface area contributed by atoms with Gasteiger partial charge < -0.3 is 9.84 Å². The topological polar surface area (TPSA) is 46.5 Å². The summed E-state index contributed by atoms with van der Waals surface area (Å²) in [5.41, 5.74) is -0.623. The number of hydrogen-bond donors (Lipinski definition) is 1. The van der Waals surface area contributed by atoms with E-state index in [4.69, 9.17) is 4.74 Å². The molecule has 0 aromatic rings. The van der Waals surface area contributed by atoms with Crippen molar-refractivity contribution in [1.82, 2.24) is 0 Å². The van der Waals surface area contributed by atoms with Crippen LogP contribution < -0.4 is 0 Å². The molecule has 1 radical (unpaired) electrons. The molecule has 0 aromatic carbocycles. The van der Waals surface area contributed by atoms with Crippen molar-refractivity contribution in [3.05, 3.63) is 6.10 Å². The van der Waals surface area contributed by atoms with Crippen LogP contribution >= 0.6 is 0 Å². The minimum absolute atomic E-state index is 0.252. The van der Waals surface area contributed by atoms with Crippen LogP contribution in [0, 0.1) is 11.5 Å². The smallest absolute Gasteiger partial charge is 0.315 e. The summed E-state index contributed by atoms with van der Waals surface area (Å²) in [4.78, 5) is 11.2. The molecule has 3 rings (SSSR count). The van der Waals surface area contributed by atoms with Gasteiger partial charge in [-0.3, -0.25) is 4.79 Å². The van der Waals surface area contributed by atoms with E-state index in [9.17, 15) is 9.90 Å². The summed E-state index contributed by atoms with van der Waals surface area (Å²) in [5, 5.41) is 9.51. The molecule has 3 heteroatoms. The van der Waals surface area contributed by atoms with Crippen LogP contribution in [0.15, 0.2) is 0 Å². The molecule has 3 fully saturated rings. The minimum atomic E-state index is -0.623. The summed E-state index contributed by atoms with van der Waals surface area (Å²) >= 11 is 0. The highest BCUT2D eigenvalue weighted by molar-refractivity contribution is 5.80. The van der Waals surface area contributed by atoms with Gasteiger partial charge in [0, 0.05) is 6.42 Å². The average Bonchev–Trinajstić information content (AvgIpc) is 1.94. The lowest BCUT2D eigenvalue weighted by Gasteiger charge is -2.44. The maximum atomic E-state index is 11.2. The maximum absolute atomic E-state index is 11.2. The van der Waals surface area contributed by atoms with Gasteiger partial charge in [0.05, 0.1) is 11.5 Å². The highest BCUT2D eigenvalue weighted by atomic mass is 16.6. The number of aliphatic hydroxyl groups excluding tert-OH is 1. The van der Waals surface area contributed by atoms with Gasteiger partial charge in [0.1, 0.15) is 0 Å². The van der Waals surface area contributed by atoms with Gasteiger partial charge in [0.15, 0.2) is 6.10 Å². The van der Waals surface area contributed by atoms with E-state index in [1.165, 1.54) is 0 Å². The molecule has 0 aromatic heterocycles. The van der Waals surface area contributed by atoms with Crippen molar-refractivity contribution in [2.24, 2.45) is 5.41 Å². The molecule has 2 aliphatic heterocycles. The van der Waals surface area contributed by atoms with E-state index >= 15 is 0 Å². The number of rotatable bonds is 0. The standard InChI is InChI=1S/C8H11O3/c1-8-3-2-5(4-6(8)9)11-7(8)10/h6,9H,2-4H2,1H3. The van der Waals surface area contributed by atoms with Crippen LogP contribution in [-0.4, -0.2) is 17.2 Å². The molecule has 3 aliphatic rings. The van der Waals surface area contributed by atoms with Gasteiger partial charge in [0.2, 0.25) is 0 Å². The number of ether oxygens (including phenoxy) is 1. The Hall–Kier alpha value is -0.570. The minimum Gasteiger partial charge on any atom is -0.454 e. The third kappa shape index (κ3) is 0.805. The zero-order valence-electron chi connectivity index (χ0n) is 6.46. The molecule has 0 spiro atoms. The molecule has 1 aliphatic carbocycles. The molecule has 11 heavy (non-hydrogen) atoms. The number of fused-ring (bicyclic) bond motifs is 3. The van der Waals surface area contributed by atoms with Crippen molar-refractivity contribution in [3.63, 3.8) is 0 Å². The first kappa shape index (κ1) is 7.10. The normalized spacial score (nSPS) is 44.2. The summed E-state index contributed by atoms with van der Waals surface area (Å²) in [5.74, 6) is -0.252. The van der Waals surface area contributed by atoms with Crippen molar-refractivity contribution < 1.29 is 14.6 Å². The van der Waals surface area contributed by atoms with Crippen molar-refractivity contribution in [3.8, 4) is 0 Å². The molecule has 2 atom stereocenters. The van der Waals surface area contributed by atoms with Gasteiger partial charge in [-0.25, -0.2) is 0 Å². The second kappa shape index (κ2) is 1.97. The Bertz CT molecular complexity index is 202. The number of carbonyl (C=O) groups is 1. The predicted octanol–water partition coefficient (Wildman–Crippen LogP) is 0.626. The summed E-state index contributed by atoms with van der Waals surface area (Å²) < 4.78 is 4.98. The Balaban J connectivity index is 2.30. The van der Waals surface area contributed by atoms with Crippen molar-refractivity contribution >= 4 is 5.97 Å². The Morgan fingerprint density at radius 1 is 1.73 bits per heavy atom. The fraction of sp³-hybridized carbons (Fsp3) is 0.750. The molecule has 1 N–H and O–H groups in total. The molecule has 2 heterocycles. The van der Waals surface area contributed by atoms with Crippen LogP contribution in [0.3, 0.4) is 0 Å². The van der Waals surface area contributed by atoms with Gasteiger partial charge in [-0.2, -0.15) is 0 Å². The quantitative estimate of drug-likeness (QED) is 0.522.